The Kier molecular flexibility index (Phi) is 12.7. The highest BCUT2D eigenvalue weighted by Crippen LogP contribution is 2.27. The van der Waals surface area contributed by atoms with Crippen LogP contribution in [0, 0.1) is 0 Å². The zero-order valence-corrected chi connectivity index (χ0v) is 29.4. The first-order valence-corrected chi connectivity index (χ1v) is 17.7. The van der Waals surface area contributed by atoms with E-state index in [-0.39, 0.29) is 37.8 Å². The number of likely N-dealkylation sites (tertiary alicyclic amines) is 1. The van der Waals surface area contributed by atoms with E-state index in [1.165, 1.54) is 16.0 Å². The first kappa shape index (κ1) is 36.6. The molecular formula is C40H50N4O6. The molecule has 3 aromatic rings. The number of aryl methyl sites for hydroxylation is 3. The van der Waals surface area contributed by atoms with Crippen molar-refractivity contribution in [2.24, 2.45) is 0 Å². The maximum Gasteiger partial charge on any atom is 0.408 e. The predicted molar refractivity (Wildman–Crippen MR) is 192 cm³/mol. The molecule has 0 saturated carbocycles. The van der Waals surface area contributed by atoms with Gasteiger partial charge in [-0.3, -0.25) is 14.4 Å². The number of ether oxygens (including phenoxy) is 2. The summed E-state index contributed by atoms with van der Waals surface area (Å²) in [5, 5.41) is 8.82. The summed E-state index contributed by atoms with van der Waals surface area (Å²) >= 11 is 0. The molecule has 1 heterocycles. The third kappa shape index (κ3) is 10.9. The summed E-state index contributed by atoms with van der Waals surface area (Å²) in [6, 6.07) is 23.3. The van der Waals surface area contributed by atoms with Crippen molar-refractivity contribution in [3.8, 4) is 0 Å². The van der Waals surface area contributed by atoms with Crippen molar-refractivity contribution in [3.63, 3.8) is 0 Å². The van der Waals surface area contributed by atoms with Crippen molar-refractivity contribution in [2.75, 3.05) is 18.5 Å². The summed E-state index contributed by atoms with van der Waals surface area (Å²) in [6.45, 7) is 5.91. The summed E-state index contributed by atoms with van der Waals surface area (Å²) < 4.78 is 11.4. The molecule has 1 aliphatic carbocycles. The van der Waals surface area contributed by atoms with Gasteiger partial charge in [0.15, 0.2) is 0 Å². The fourth-order valence-corrected chi connectivity index (χ4v) is 6.58. The van der Waals surface area contributed by atoms with Gasteiger partial charge in [-0.05, 0) is 93.7 Å². The molecule has 0 bridgehead atoms. The molecule has 0 unspecified atom stereocenters. The molecule has 4 amide bonds. The Bertz CT molecular complexity index is 1610. The summed E-state index contributed by atoms with van der Waals surface area (Å²) in [5.74, 6) is -0.904. The Morgan fingerprint density at radius 3 is 2.32 bits per heavy atom. The number of carbonyl (C=O) groups is 4. The van der Waals surface area contributed by atoms with Crippen molar-refractivity contribution in [1.29, 1.82) is 0 Å². The minimum absolute atomic E-state index is 0.128. The van der Waals surface area contributed by atoms with E-state index in [2.05, 4.69) is 16.0 Å². The number of amides is 4. The van der Waals surface area contributed by atoms with E-state index in [4.69, 9.17) is 9.47 Å². The summed E-state index contributed by atoms with van der Waals surface area (Å²) in [5.41, 5.74) is 4.57. The molecule has 266 valence electrons. The lowest BCUT2D eigenvalue weighted by Crippen LogP contribution is -2.53. The molecule has 1 fully saturated rings. The topological polar surface area (TPSA) is 126 Å². The van der Waals surface area contributed by atoms with Crippen LogP contribution in [0.3, 0.4) is 0 Å². The van der Waals surface area contributed by atoms with Gasteiger partial charge < -0.3 is 30.3 Å². The molecule has 0 spiro atoms. The number of carbonyl (C=O) groups excluding carboxylic acids is 4. The molecular weight excluding hydrogens is 632 g/mol. The third-order valence-electron chi connectivity index (χ3n) is 8.98. The lowest BCUT2D eigenvalue weighted by molar-refractivity contribution is -0.139. The van der Waals surface area contributed by atoms with E-state index < -0.39 is 35.7 Å². The minimum Gasteiger partial charge on any atom is -0.444 e. The molecule has 1 aliphatic heterocycles. The Labute approximate surface area is 295 Å². The van der Waals surface area contributed by atoms with E-state index in [9.17, 15) is 19.2 Å². The van der Waals surface area contributed by atoms with Crippen molar-refractivity contribution in [2.45, 2.75) is 102 Å². The predicted octanol–water partition coefficient (Wildman–Crippen LogP) is 5.72. The van der Waals surface area contributed by atoms with Crippen LogP contribution in [0.4, 0.5) is 10.5 Å². The number of hydrogen-bond donors (Lipinski definition) is 3. The van der Waals surface area contributed by atoms with Crippen LogP contribution in [0.1, 0.15) is 75.1 Å². The normalized spacial score (nSPS) is 17.5. The van der Waals surface area contributed by atoms with Gasteiger partial charge in [-0.15, -0.1) is 0 Å². The third-order valence-corrected chi connectivity index (χ3v) is 8.98. The van der Waals surface area contributed by atoms with E-state index in [0.29, 0.717) is 25.1 Å². The van der Waals surface area contributed by atoms with E-state index in [1.807, 2.05) is 78.9 Å². The molecule has 50 heavy (non-hydrogen) atoms. The number of nitrogens with zero attached hydrogens (tertiary/aromatic N) is 1. The van der Waals surface area contributed by atoms with Gasteiger partial charge in [-0.2, -0.15) is 0 Å². The van der Waals surface area contributed by atoms with Crippen molar-refractivity contribution >= 4 is 29.5 Å². The van der Waals surface area contributed by atoms with Gasteiger partial charge in [-0.25, -0.2) is 4.79 Å². The highest BCUT2D eigenvalue weighted by atomic mass is 16.6. The van der Waals surface area contributed by atoms with E-state index >= 15 is 0 Å². The second-order valence-corrected chi connectivity index (χ2v) is 14.2. The van der Waals surface area contributed by atoms with Gasteiger partial charge in [0.05, 0.1) is 6.61 Å². The Balaban J connectivity index is 1.28. The molecule has 3 N–H and O–H groups in total. The highest BCUT2D eigenvalue weighted by Gasteiger charge is 2.43. The number of benzene rings is 3. The molecule has 10 nitrogen and oxygen atoms in total. The van der Waals surface area contributed by atoms with Crippen LogP contribution in [0.5, 0.6) is 0 Å². The molecule has 5 rings (SSSR count). The zero-order chi connectivity index (χ0) is 35.5. The summed E-state index contributed by atoms with van der Waals surface area (Å²) in [6.07, 6.45) is 4.54. The quantitative estimate of drug-likeness (QED) is 0.187. The lowest BCUT2D eigenvalue weighted by Gasteiger charge is -2.29. The number of anilines is 1. The van der Waals surface area contributed by atoms with Crippen LogP contribution >= 0.6 is 0 Å². The van der Waals surface area contributed by atoms with E-state index in [1.54, 1.807) is 20.8 Å². The number of nitrogens with one attached hydrogen (secondary N) is 3. The van der Waals surface area contributed by atoms with Crippen LogP contribution < -0.4 is 16.0 Å². The van der Waals surface area contributed by atoms with Gasteiger partial charge in [0.1, 0.15) is 17.7 Å². The first-order chi connectivity index (χ1) is 24.0. The maximum absolute atomic E-state index is 14.3. The van der Waals surface area contributed by atoms with Gasteiger partial charge in [0.2, 0.25) is 17.7 Å². The standard InChI is InChI=1S/C40H50N4O6/c1-40(2,3)50-39(48)43-34(22-23-49-27-29-14-8-5-9-15-29)38(47)44-26-33(41-36(45)19-10-16-28-12-6-4-7-13-28)25-35(44)37(46)42-32-21-20-30-17-11-18-31(30)24-32/h4-9,12-15,20-21,24,33-35H,10-11,16-19,22-23,25-27H2,1-3H3,(H,41,45)(H,42,46)(H,43,48)/t33-,34+,35+/m1/s1. The fourth-order valence-electron chi connectivity index (χ4n) is 6.58. The maximum atomic E-state index is 14.3. The van der Waals surface area contributed by atoms with E-state index in [0.717, 1.165) is 36.8 Å². The van der Waals surface area contributed by atoms with Gasteiger partial charge in [0, 0.05) is 37.7 Å². The van der Waals surface area contributed by atoms with Crippen LogP contribution in [-0.4, -0.2) is 65.6 Å². The molecule has 0 aromatic heterocycles. The smallest absolute Gasteiger partial charge is 0.408 e. The Hall–Kier alpha value is -4.70. The molecule has 3 aromatic carbocycles. The second-order valence-electron chi connectivity index (χ2n) is 14.2. The lowest BCUT2D eigenvalue weighted by atomic mass is 10.1. The number of fused-ring (bicyclic) bond motifs is 1. The second kappa shape index (κ2) is 17.3. The van der Waals surface area contributed by atoms with Gasteiger partial charge >= 0.3 is 6.09 Å². The molecule has 2 aliphatic rings. The van der Waals surface area contributed by atoms with Gasteiger partial charge in [0.25, 0.3) is 0 Å². The van der Waals surface area contributed by atoms with Crippen LogP contribution in [0.25, 0.3) is 0 Å². The number of alkyl carbamates (subject to hydrolysis) is 1. The van der Waals surface area contributed by atoms with Crippen molar-refractivity contribution in [3.05, 3.63) is 101 Å². The fraction of sp³-hybridized carbons (Fsp3) is 0.450. The highest BCUT2D eigenvalue weighted by molar-refractivity contribution is 5.99. The molecule has 0 radical (unpaired) electrons. The monoisotopic (exact) mass is 682 g/mol. The largest absolute Gasteiger partial charge is 0.444 e. The van der Waals surface area contributed by atoms with Crippen LogP contribution in [-0.2, 0) is 49.7 Å². The average molecular weight is 683 g/mol. The first-order valence-electron chi connectivity index (χ1n) is 17.7. The molecule has 1 saturated heterocycles. The summed E-state index contributed by atoms with van der Waals surface area (Å²) in [7, 11) is 0. The SMILES string of the molecule is CC(C)(C)OC(=O)N[C@@H](CCOCc1ccccc1)C(=O)N1C[C@H](NC(=O)CCCc2ccccc2)C[C@H]1C(=O)Nc1ccc2c(c1)CCC2. The van der Waals surface area contributed by atoms with Crippen LogP contribution in [0.2, 0.25) is 0 Å². The summed E-state index contributed by atoms with van der Waals surface area (Å²) in [4.78, 5) is 55.6. The molecule has 10 heteroatoms. The van der Waals surface area contributed by atoms with Crippen molar-refractivity contribution < 1.29 is 28.7 Å². The van der Waals surface area contributed by atoms with Gasteiger partial charge in [-0.1, -0.05) is 66.7 Å². The minimum atomic E-state index is -1.02. The zero-order valence-electron chi connectivity index (χ0n) is 29.4. The molecule has 3 atom stereocenters. The Morgan fingerprint density at radius 2 is 1.60 bits per heavy atom. The van der Waals surface area contributed by atoms with Crippen LogP contribution in [0.15, 0.2) is 78.9 Å². The average Bonchev–Trinajstić information content (AvgIpc) is 3.73. The van der Waals surface area contributed by atoms with Crippen molar-refractivity contribution in [1.82, 2.24) is 15.5 Å². The number of hydrogen-bond acceptors (Lipinski definition) is 6. The number of rotatable bonds is 14. The Morgan fingerprint density at radius 1 is 0.900 bits per heavy atom.